The molecule has 0 aliphatic carbocycles. The molecule has 7 heteroatoms. The topological polar surface area (TPSA) is 61.2 Å². The number of hydrogen-bond acceptors (Lipinski definition) is 4. The molecule has 1 heterocycles. The zero-order chi connectivity index (χ0) is 14.8. The van der Waals surface area contributed by atoms with Crippen LogP contribution in [-0.4, -0.2) is 18.0 Å². The number of nitrogens with zero attached hydrogens (tertiary/aromatic N) is 2. The molecule has 5 nitrogen and oxygen atoms in total. The van der Waals surface area contributed by atoms with Crippen LogP contribution in [-0.2, 0) is 22.2 Å². The zero-order valence-electron chi connectivity index (χ0n) is 11.2. The monoisotopic (exact) mass is 314 g/mol. The van der Waals surface area contributed by atoms with E-state index in [1.807, 2.05) is 17.7 Å². The average Bonchev–Trinajstić information content (AvgIpc) is 2.83. The second-order valence-electron chi connectivity index (χ2n) is 4.31. The summed E-state index contributed by atoms with van der Waals surface area (Å²) in [6.45, 7) is 4.74. The molecule has 0 aliphatic heterocycles. The Labute approximate surface area is 122 Å². The number of halogens is 1. The molecular weight excluding hydrogens is 300 g/mol. The maximum Gasteiger partial charge on any atom is 0.264 e. The van der Waals surface area contributed by atoms with Gasteiger partial charge in [0.2, 0.25) is 0 Å². The van der Waals surface area contributed by atoms with E-state index < -0.39 is 9.05 Å². The third-order valence-electron chi connectivity index (χ3n) is 2.86. The highest BCUT2D eigenvalue weighted by atomic mass is 35.7. The molecule has 0 bridgehead atoms. The van der Waals surface area contributed by atoms with E-state index >= 15 is 0 Å². The van der Waals surface area contributed by atoms with Gasteiger partial charge >= 0.3 is 0 Å². The first-order valence-electron chi connectivity index (χ1n) is 6.10. The standard InChI is InChI=1S/C13H15ClN2O3S/c1-3-16-7-6-15-13(16)9-19-11-5-4-10(2)8-12(11)20(14,17)18/h4-8H,3,9H2,1-2H3. The number of rotatable bonds is 5. The predicted octanol–water partition coefficient (Wildman–Crippen LogP) is 2.72. The fourth-order valence-corrected chi connectivity index (χ4v) is 2.89. The van der Waals surface area contributed by atoms with Crippen LogP contribution in [0.5, 0.6) is 5.75 Å². The molecule has 1 aromatic carbocycles. The molecule has 0 atom stereocenters. The Morgan fingerprint density at radius 1 is 1.40 bits per heavy atom. The van der Waals surface area contributed by atoms with Gasteiger partial charge in [-0.05, 0) is 31.5 Å². The molecule has 1 aromatic heterocycles. The highest BCUT2D eigenvalue weighted by Crippen LogP contribution is 2.28. The average molecular weight is 315 g/mol. The lowest BCUT2D eigenvalue weighted by atomic mass is 10.2. The van der Waals surface area contributed by atoms with E-state index in [0.29, 0.717) is 0 Å². The molecule has 2 rings (SSSR count). The van der Waals surface area contributed by atoms with Crippen molar-refractivity contribution in [3.8, 4) is 5.75 Å². The van der Waals surface area contributed by atoms with Gasteiger partial charge in [0.1, 0.15) is 23.1 Å². The molecule has 2 aromatic rings. The Kier molecular flexibility index (Phi) is 4.35. The van der Waals surface area contributed by atoms with E-state index in [4.69, 9.17) is 15.4 Å². The van der Waals surface area contributed by atoms with Crippen molar-refractivity contribution >= 4 is 19.7 Å². The minimum Gasteiger partial charge on any atom is -0.484 e. The highest BCUT2D eigenvalue weighted by Gasteiger charge is 2.17. The summed E-state index contributed by atoms with van der Waals surface area (Å²) in [7, 11) is 1.58. The van der Waals surface area contributed by atoms with E-state index in [-0.39, 0.29) is 17.3 Å². The molecule has 108 valence electrons. The van der Waals surface area contributed by atoms with Crippen LogP contribution in [0.4, 0.5) is 0 Å². The van der Waals surface area contributed by atoms with Crippen molar-refractivity contribution in [3.63, 3.8) is 0 Å². The van der Waals surface area contributed by atoms with Crippen LogP contribution in [0.3, 0.4) is 0 Å². The molecule has 0 aliphatic rings. The third-order valence-corrected chi connectivity index (χ3v) is 4.20. The summed E-state index contributed by atoms with van der Waals surface area (Å²) in [6, 6.07) is 4.86. The summed E-state index contributed by atoms with van der Waals surface area (Å²) in [5.41, 5.74) is 0.798. The Morgan fingerprint density at radius 2 is 2.15 bits per heavy atom. The van der Waals surface area contributed by atoms with Crippen molar-refractivity contribution < 1.29 is 13.2 Å². The first kappa shape index (κ1) is 14.9. The molecule has 0 spiro atoms. The van der Waals surface area contributed by atoms with Crippen LogP contribution in [0.25, 0.3) is 0 Å². The fraction of sp³-hybridized carbons (Fsp3) is 0.308. The van der Waals surface area contributed by atoms with Crippen molar-refractivity contribution in [2.45, 2.75) is 31.9 Å². The van der Waals surface area contributed by atoms with Gasteiger partial charge in [0.25, 0.3) is 9.05 Å². The maximum atomic E-state index is 11.6. The normalized spacial score (nSPS) is 11.6. The third kappa shape index (κ3) is 3.32. The van der Waals surface area contributed by atoms with Crippen molar-refractivity contribution in [2.75, 3.05) is 0 Å². The van der Waals surface area contributed by atoms with E-state index in [1.54, 1.807) is 25.3 Å². The van der Waals surface area contributed by atoms with Crippen molar-refractivity contribution in [1.82, 2.24) is 9.55 Å². The zero-order valence-corrected chi connectivity index (χ0v) is 12.8. The van der Waals surface area contributed by atoms with Crippen LogP contribution >= 0.6 is 10.7 Å². The minimum absolute atomic E-state index is 0.0197. The van der Waals surface area contributed by atoms with E-state index in [9.17, 15) is 8.42 Å². The summed E-state index contributed by atoms with van der Waals surface area (Å²) in [4.78, 5) is 4.15. The van der Waals surface area contributed by atoms with Gasteiger partial charge in [-0.2, -0.15) is 0 Å². The number of imidazole rings is 1. The SMILES string of the molecule is CCn1ccnc1COc1ccc(C)cc1S(=O)(=O)Cl. The predicted molar refractivity (Wildman–Crippen MR) is 76.5 cm³/mol. The van der Waals surface area contributed by atoms with E-state index in [1.165, 1.54) is 6.07 Å². The Balaban J connectivity index is 2.26. The lowest BCUT2D eigenvalue weighted by molar-refractivity contribution is 0.282. The first-order valence-corrected chi connectivity index (χ1v) is 8.41. The minimum atomic E-state index is -3.84. The van der Waals surface area contributed by atoms with Gasteiger partial charge < -0.3 is 9.30 Å². The van der Waals surface area contributed by atoms with Gasteiger partial charge in [-0.15, -0.1) is 0 Å². The van der Waals surface area contributed by atoms with Crippen molar-refractivity contribution in [2.24, 2.45) is 0 Å². The number of aryl methyl sites for hydroxylation is 2. The van der Waals surface area contributed by atoms with E-state index in [0.717, 1.165) is 17.9 Å². The summed E-state index contributed by atoms with van der Waals surface area (Å²) >= 11 is 0. The van der Waals surface area contributed by atoms with Gasteiger partial charge in [-0.25, -0.2) is 13.4 Å². The smallest absolute Gasteiger partial charge is 0.264 e. The van der Waals surface area contributed by atoms with Crippen LogP contribution in [0.2, 0.25) is 0 Å². The molecule has 0 radical (unpaired) electrons. The van der Waals surface area contributed by atoms with Crippen molar-refractivity contribution in [1.29, 1.82) is 0 Å². The second-order valence-corrected chi connectivity index (χ2v) is 6.84. The van der Waals surface area contributed by atoms with Gasteiger partial charge in [-0.3, -0.25) is 0 Å². The van der Waals surface area contributed by atoms with Crippen LogP contribution < -0.4 is 4.74 Å². The Bertz CT molecular complexity index is 710. The quantitative estimate of drug-likeness (QED) is 0.796. The summed E-state index contributed by atoms with van der Waals surface area (Å²) in [5, 5.41) is 0. The van der Waals surface area contributed by atoms with Gasteiger partial charge in [0, 0.05) is 29.6 Å². The van der Waals surface area contributed by atoms with Gasteiger partial charge in [0.05, 0.1) is 0 Å². The summed E-state index contributed by atoms with van der Waals surface area (Å²) < 4.78 is 30.6. The highest BCUT2D eigenvalue weighted by molar-refractivity contribution is 8.13. The van der Waals surface area contributed by atoms with Crippen molar-refractivity contribution in [3.05, 3.63) is 42.0 Å². The lowest BCUT2D eigenvalue weighted by Crippen LogP contribution is -2.07. The Morgan fingerprint density at radius 3 is 2.80 bits per heavy atom. The van der Waals surface area contributed by atoms with Gasteiger partial charge in [-0.1, -0.05) is 6.07 Å². The molecule has 0 N–H and O–H groups in total. The Hall–Kier alpha value is -1.53. The van der Waals surface area contributed by atoms with Crippen LogP contribution in [0.1, 0.15) is 18.3 Å². The van der Waals surface area contributed by atoms with Crippen LogP contribution in [0.15, 0.2) is 35.5 Å². The first-order chi connectivity index (χ1) is 9.41. The second kappa shape index (κ2) is 5.85. The van der Waals surface area contributed by atoms with Crippen LogP contribution in [0, 0.1) is 6.92 Å². The number of benzene rings is 1. The number of hydrogen-bond donors (Lipinski definition) is 0. The molecule has 0 fully saturated rings. The largest absolute Gasteiger partial charge is 0.484 e. The maximum absolute atomic E-state index is 11.6. The number of ether oxygens (including phenoxy) is 1. The summed E-state index contributed by atoms with van der Waals surface area (Å²) in [5.74, 6) is 0.960. The molecule has 0 saturated heterocycles. The van der Waals surface area contributed by atoms with E-state index in [2.05, 4.69) is 4.98 Å². The lowest BCUT2D eigenvalue weighted by Gasteiger charge is -2.11. The number of aromatic nitrogens is 2. The van der Waals surface area contributed by atoms with Gasteiger partial charge in [0.15, 0.2) is 0 Å². The fourth-order valence-electron chi connectivity index (χ4n) is 1.84. The molecule has 0 amide bonds. The molecule has 0 saturated carbocycles. The molecular formula is C13H15ClN2O3S. The summed E-state index contributed by atoms with van der Waals surface area (Å²) in [6.07, 6.45) is 3.52. The molecule has 0 unspecified atom stereocenters. The molecule has 20 heavy (non-hydrogen) atoms.